The van der Waals surface area contributed by atoms with Crippen molar-refractivity contribution in [2.24, 2.45) is 0 Å². The minimum atomic E-state index is -3.77. The monoisotopic (exact) mass is 1690 g/mol. The van der Waals surface area contributed by atoms with Crippen LogP contribution in [0, 0.1) is 55.4 Å². The van der Waals surface area contributed by atoms with Crippen LogP contribution in [0.2, 0.25) is 0 Å². The van der Waals surface area contributed by atoms with Crippen LogP contribution >= 0.6 is 14.7 Å². The molecule has 2 aliphatic rings. The minimum absolute atomic E-state index is 0.227. The third-order valence-corrected chi connectivity index (χ3v) is 28.4. The molecule has 0 spiro atoms. The first-order chi connectivity index (χ1) is 60.0. The van der Waals surface area contributed by atoms with Gasteiger partial charge in [-0.2, -0.15) is 0 Å². The average molecular weight is 1690 g/mol. The molecule has 12 nitrogen and oxygen atoms in total. The van der Waals surface area contributed by atoms with Crippen molar-refractivity contribution in [1.29, 1.82) is 0 Å². The predicted octanol–water partition coefficient (Wildman–Crippen LogP) is 27.0. The molecule has 0 aliphatic carbocycles. The van der Waals surface area contributed by atoms with Crippen LogP contribution in [0.4, 0.5) is 0 Å². The van der Waals surface area contributed by atoms with E-state index in [1.165, 1.54) is 11.1 Å². The molecule has 2 unspecified atom stereocenters. The second-order valence-corrected chi connectivity index (χ2v) is 39.3. The number of aryl methyl sites for hydroxylation is 8. The van der Waals surface area contributed by atoms with Crippen LogP contribution in [0.15, 0.2) is 292 Å². The number of hydrogen-bond donors (Lipinski definition) is 0. The summed E-state index contributed by atoms with van der Waals surface area (Å²) >= 11 is 0. The maximum atomic E-state index is 15.7. The van der Waals surface area contributed by atoms with E-state index in [1.54, 1.807) is 12.1 Å². The SMILES string of the molecule is C=Cc1ccc(COc2ccc(OCc3ccc(CC(C)(C)Oc4c(C)cc(Oc5c(C)cc(C(C)(C)c6cc(C)c(Oc7cc(C)c(OC(C)(C)Cc8ccc(COc9ccc(OCc%10ccc(C=C)cc%10)c(P%10(=O)Oc%11ccccc%11-c%11ccccc%11%10)c9)cc8)c(C)c7)c(C)c6)cc5C)cc4C)cc3)c(P3(=O)Oc4ccccc4-c4ccccc43)c2)cc1. The second kappa shape index (κ2) is 35.3. The molecule has 2 atom stereocenters. The van der Waals surface area contributed by atoms with E-state index in [-0.39, 0.29) is 25.2 Å². The Bertz CT molecular complexity index is 6440. The first-order valence-corrected chi connectivity index (χ1v) is 45.8. The van der Waals surface area contributed by atoms with Gasteiger partial charge in [-0.25, -0.2) is 0 Å². The molecule has 0 bridgehead atoms. The average Bonchev–Trinajstić information content (AvgIpc) is 0.733. The van der Waals surface area contributed by atoms with Crippen LogP contribution in [-0.2, 0) is 53.8 Å². The molecule has 14 aromatic rings. The summed E-state index contributed by atoms with van der Waals surface area (Å²) in [7, 11) is -7.53. The zero-order valence-corrected chi connectivity index (χ0v) is 75.5. The van der Waals surface area contributed by atoms with E-state index in [2.05, 4.69) is 207 Å². The third-order valence-electron chi connectivity index (χ3n) is 23.5. The van der Waals surface area contributed by atoms with Crippen molar-refractivity contribution in [2.75, 3.05) is 0 Å². The molecule has 125 heavy (non-hydrogen) atoms. The zero-order valence-electron chi connectivity index (χ0n) is 73.7. The highest BCUT2D eigenvalue weighted by Gasteiger charge is 2.43. The molecular formula is C111H106O12P2. The van der Waals surface area contributed by atoms with Crippen molar-refractivity contribution < 1.29 is 56.1 Å². The quantitative estimate of drug-likeness (QED) is 0.0398. The normalized spacial score (nSPS) is 14.5. The van der Waals surface area contributed by atoms with Crippen molar-refractivity contribution in [3.05, 3.63) is 392 Å². The Balaban J connectivity index is 0.530. The van der Waals surface area contributed by atoms with Gasteiger partial charge in [-0.3, -0.25) is 9.13 Å². The van der Waals surface area contributed by atoms with Gasteiger partial charge in [-0.15, -0.1) is 0 Å². The number of fused-ring (bicyclic) bond motifs is 6. The second-order valence-electron chi connectivity index (χ2n) is 34.8. The molecule has 2 aliphatic heterocycles. The number of para-hydroxylation sites is 2. The highest BCUT2D eigenvalue weighted by molar-refractivity contribution is 7.75. The maximum absolute atomic E-state index is 15.7. The van der Waals surface area contributed by atoms with Crippen LogP contribution in [0.25, 0.3) is 34.4 Å². The first-order valence-electron chi connectivity index (χ1n) is 42.5. The summed E-state index contributed by atoms with van der Waals surface area (Å²) in [6, 6.07) is 92.0. The van der Waals surface area contributed by atoms with Gasteiger partial charge in [0.25, 0.3) is 0 Å². The van der Waals surface area contributed by atoms with Gasteiger partial charge in [0.2, 0.25) is 0 Å². The molecule has 0 amide bonds. The fraction of sp³-hybridized carbons (Fsp3) is 0.207. The fourth-order valence-electron chi connectivity index (χ4n) is 16.9. The topological polar surface area (TPSA) is 126 Å². The van der Waals surface area contributed by atoms with Gasteiger partial charge in [-0.05, 0) is 279 Å². The number of benzene rings is 14. The van der Waals surface area contributed by atoms with Crippen molar-refractivity contribution in [2.45, 2.75) is 153 Å². The molecule has 0 aromatic heterocycles. The summed E-state index contributed by atoms with van der Waals surface area (Å²) in [5, 5.41) is 2.07. The Morgan fingerprint density at radius 2 is 0.600 bits per heavy atom. The maximum Gasteiger partial charge on any atom is 0.311 e. The highest BCUT2D eigenvalue weighted by atomic mass is 31.2. The number of rotatable bonds is 30. The molecular weight excluding hydrogens is 1590 g/mol. The van der Waals surface area contributed by atoms with Crippen molar-refractivity contribution in [3.63, 3.8) is 0 Å². The molecule has 0 saturated heterocycles. The molecule has 632 valence electrons. The van der Waals surface area contributed by atoms with Crippen molar-refractivity contribution >= 4 is 48.1 Å². The van der Waals surface area contributed by atoms with Crippen LogP contribution in [0.1, 0.15) is 142 Å². The first kappa shape index (κ1) is 85.6. The van der Waals surface area contributed by atoms with Gasteiger partial charge >= 0.3 is 14.7 Å². The van der Waals surface area contributed by atoms with E-state index in [0.717, 1.165) is 146 Å². The molecule has 14 aromatic carbocycles. The summed E-state index contributed by atoms with van der Waals surface area (Å²) in [5.74, 6) is 7.90. The summed E-state index contributed by atoms with van der Waals surface area (Å²) in [6.07, 6.45) is 4.92. The molecule has 16 rings (SSSR count). The molecule has 2 heterocycles. The molecule has 14 heteroatoms. The van der Waals surface area contributed by atoms with Gasteiger partial charge in [0.1, 0.15) is 107 Å². The predicted molar refractivity (Wildman–Crippen MR) is 508 cm³/mol. The molecule has 0 radical (unpaired) electrons. The lowest BCUT2D eigenvalue weighted by molar-refractivity contribution is 0.107. The van der Waals surface area contributed by atoms with Crippen LogP contribution < -0.4 is 68.2 Å². The summed E-state index contributed by atoms with van der Waals surface area (Å²) in [5.41, 5.74) is 20.6. The van der Waals surface area contributed by atoms with Crippen molar-refractivity contribution in [3.8, 4) is 91.2 Å². The van der Waals surface area contributed by atoms with E-state index in [0.29, 0.717) is 75.2 Å². The Hall–Kier alpha value is -13.0. The third kappa shape index (κ3) is 18.5. The standard InChI is InChI=1S/C111H106O12P2/c1-17-79-35-43-83(44-36-79)67-114-89-51-54-100(104(63-89)125(113)102-34-26-22-30-96(102)94-28-20-24-32-98(94)123-125)117-70-86-49-41-82(42-50-86)66-110(13,14)121-108-77(9)61-92(62-78(108)10)119-106-73(5)57-88(58-74(106)6)111(15,16)87-55-71(3)105(72(4)56-87)118-91-59-75(7)107(76(8)60-91)120-109(11,12)65-81-39-47-84(48-40-81)68-115-90-52-53-99(116-69-85-45-37-80(18-2)38-46-85)103(64-90)124(112)101-33-25-21-29-95(101)93-27-19-23-31-97(93)122-124/h17-64H,1-2,65-70H2,3-16H3. The lowest BCUT2D eigenvalue weighted by Gasteiger charge is -2.30. The lowest BCUT2D eigenvalue weighted by atomic mass is 9.76. The number of ether oxygens (including phenoxy) is 8. The Labute approximate surface area is 736 Å². The molecule has 0 N–H and O–H groups in total. The summed E-state index contributed by atoms with van der Waals surface area (Å²) < 4.78 is 98.0. The van der Waals surface area contributed by atoms with Crippen LogP contribution in [-0.4, -0.2) is 11.2 Å². The summed E-state index contributed by atoms with van der Waals surface area (Å²) in [6.45, 7) is 38.7. The van der Waals surface area contributed by atoms with Gasteiger partial charge < -0.3 is 46.9 Å². The Kier molecular flexibility index (Phi) is 24.2. The number of hydrogen-bond acceptors (Lipinski definition) is 12. The Morgan fingerprint density at radius 3 is 0.944 bits per heavy atom. The van der Waals surface area contributed by atoms with Gasteiger partial charge in [0, 0.05) is 29.4 Å². The lowest BCUT2D eigenvalue weighted by Crippen LogP contribution is -2.31. The molecule has 0 saturated carbocycles. The van der Waals surface area contributed by atoms with Crippen molar-refractivity contribution in [1.82, 2.24) is 0 Å². The molecule has 0 fully saturated rings. The van der Waals surface area contributed by atoms with E-state index < -0.39 is 25.9 Å². The minimum Gasteiger partial charge on any atom is -0.489 e. The van der Waals surface area contributed by atoms with E-state index >= 15 is 9.13 Å². The Morgan fingerprint density at radius 1 is 0.304 bits per heavy atom. The van der Waals surface area contributed by atoms with E-state index in [4.69, 9.17) is 46.9 Å². The smallest absolute Gasteiger partial charge is 0.311 e. The highest BCUT2D eigenvalue weighted by Crippen LogP contribution is 2.58. The van der Waals surface area contributed by atoms with E-state index in [1.807, 2.05) is 182 Å². The zero-order chi connectivity index (χ0) is 87.7. The fourth-order valence-corrected chi connectivity index (χ4v) is 21.8. The van der Waals surface area contributed by atoms with E-state index in [9.17, 15) is 0 Å². The summed E-state index contributed by atoms with van der Waals surface area (Å²) in [4.78, 5) is 0. The van der Waals surface area contributed by atoms with Gasteiger partial charge in [0.15, 0.2) is 0 Å². The largest absolute Gasteiger partial charge is 0.489 e. The van der Waals surface area contributed by atoms with Crippen LogP contribution in [0.5, 0.6) is 69.0 Å². The van der Waals surface area contributed by atoms with Gasteiger partial charge in [0.05, 0.1) is 21.2 Å². The van der Waals surface area contributed by atoms with Crippen LogP contribution in [0.3, 0.4) is 0 Å². The van der Waals surface area contributed by atoms with Gasteiger partial charge in [-0.1, -0.05) is 233 Å².